The van der Waals surface area contributed by atoms with Crippen molar-refractivity contribution in [1.82, 2.24) is 10.2 Å². The molecule has 2 saturated carbocycles. The molecule has 1 N–H and O–H groups in total. The van der Waals surface area contributed by atoms with E-state index in [1.54, 1.807) is 0 Å². The van der Waals surface area contributed by atoms with E-state index in [9.17, 15) is 4.79 Å². The summed E-state index contributed by atoms with van der Waals surface area (Å²) in [6.45, 7) is 9.92. The third-order valence-electron chi connectivity index (χ3n) is 4.84. The second-order valence-electron chi connectivity index (χ2n) is 7.53. The first-order valence-corrected chi connectivity index (χ1v) is 8.47. The summed E-state index contributed by atoms with van der Waals surface area (Å²) in [7, 11) is 1.49. The van der Waals surface area contributed by atoms with Crippen molar-refractivity contribution in [3.05, 3.63) is 0 Å². The third kappa shape index (κ3) is 4.68. The zero-order valence-corrected chi connectivity index (χ0v) is 14.3. The molecule has 2 aliphatic carbocycles. The van der Waals surface area contributed by atoms with Crippen LogP contribution in [0.1, 0.15) is 59.8 Å². The Morgan fingerprint density at radius 2 is 1.90 bits per heavy atom. The lowest BCUT2D eigenvalue weighted by Gasteiger charge is -2.38. The summed E-state index contributed by atoms with van der Waals surface area (Å²) in [4.78, 5) is 14.8. The minimum Gasteiger partial charge on any atom is -0.468 e. The Kier molecular flexibility index (Phi) is 5.31. The van der Waals surface area contributed by atoms with E-state index in [0.29, 0.717) is 18.1 Å². The maximum Gasteiger partial charge on any atom is 0.325 e. The molecule has 0 spiro atoms. The maximum atomic E-state index is 12.3. The quantitative estimate of drug-likeness (QED) is 0.664. The minimum absolute atomic E-state index is 0.128. The van der Waals surface area contributed by atoms with E-state index in [0.717, 1.165) is 12.3 Å². The number of hydrogen-bond donors (Lipinski definition) is 1. The molecular weight excluding hydrogens is 264 g/mol. The molecule has 0 saturated heterocycles. The van der Waals surface area contributed by atoms with Crippen LogP contribution in [0.25, 0.3) is 0 Å². The SMILES string of the molecule is COC(=O)C(C)(CC(C)N(CC1CC1)C(C)C)NC1CC1. The van der Waals surface area contributed by atoms with E-state index < -0.39 is 5.54 Å². The highest BCUT2D eigenvalue weighted by molar-refractivity contribution is 5.80. The number of hydrogen-bond acceptors (Lipinski definition) is 4. The van der Waals surface area contributed by atoms with Crippen LogP contribution in [0, 0.1) is 5.92 Å². The smallest absolute Gasteiger partial charge is 0.325 e. The van der Waals surface area contributed by atoms with Gasteiger partial charge in [0.05, 0.1) is 7.11 Å². The highest BCUT2D eigenvalue weighted by Crippen LogP contribution is 2.32. The first-order chi connectivity index (χ1) is 9.85. The van der Waals surface area contributed by atoms with Crippen molar-refractivity contribution in [2.24, 2.45) is 5.92 Å². The second-order valence-corrected chi connectivity index (χ2v) is 7.53. The standard InChI is InChI=1S/C17H32N2O2/c1-12(2)19(11-14-6-7-14)13(3)10-17(4,16(20)21-5)18-15-8-9-15/h12-15,18H,6-11H2,1-5H3. The van der Waals surface area contributed by atoms with Crippen LogP contribution in [-0.2, 0) is 9.53 Å². The van der Waals surface area contributed by atoms with Crippen molar-refractivity contribution in [3.63, 3.8) is 0 Å². The lowest BCUT2D eigenvalue weighted by Crippen LogP contribution is -2.55. The predicted molar refractivity (Wildman–Crippen MR) is 85.2 cm³/mol. The Morgan fingerprint density at radius 3 is 2.33 bits per heavy atom. The van der Waals surface area contributed by atoms with Gasteiger partial charge in [0.25, 0.3) is 0 Å². The van der Waals surface area contributed by atoms with Crippen molar-refractivity contribution in [2.75, 3.05) is 13.7 Å². The van der Waals surface area contributed by atoms with Gasteiger partial charge < -0.3 is 4.74 Å². The Balaban J connectivity index is 2.00. The van der Waals surface area contributed by atoms with Crippen molar-refractivity contribution in [3.8, 4) is 0 Å². The molecule has 2 rings (SSSR count). The van der Waals surface area contributed by atoms with Crippen LogP contribution in [0.2, 0.25) is 0 Å². The molecule has 0 heterocycles. The highest BCUT2D eigenvalue weighted by Gasteiger charge is 2.42. The third-order valence-corrected chi connectivity index (χ3v) is 4.84. The van der Waals surface area contributed by atoms with Gasteiger partial charge >= 0.3 is 5.97 Å². The van der Waals surface area contributed by atoms with Gasteiger partial charge in [0.1, 0.15) is 5.54 Å². The van der Waals surface area contributed by atoms with Crippen molar-refractivity contribution in [1.29, 1.82) is 0 Å². The summed E-state index contributed by atoms with van der Waals surface area (Å²) in [5.74, 6) is 0.743. The molecule has 0 aromatic rings. The first-order valence-electron chi connectivity index (χ1n) is 8.47. The molecule has 2 aliphatic rings. The van der Waals surface area contributed by atoms with Gasteiger partial charge in [-0.15, -0.1) is 0 Å². The number of esters is 1. The van der Waals surface area contributed by atoms with Gasteiger partial charge in [-0.2, -0.15) is 0 Å². The summed E-state index contributed by atoms with van der Waals surface area (Å²) >= 11 is 0. The monoisotopic (exact) mass is 296 g/mol. The fourth-order valence-corrected chi connectivity index (χ4v) is 3.31. The normalized spacial score (nSPS) is 23.2. The fraction of sp³-hybridized carbons (Fsp3) is 0.941. The largest absolute Gasteiger partial charge is 0.468 e. The molecule has 2 unspecified atom stereocenters. The topological polar surface area (TPSA) is 41.6 Å². The lowest BCUT2D eigenvalue weighted by molar-refractivity contribution is -0.149. The van der Waals surface area contributed by atoms with Crippen LogP contribution >= 0.6 is 0 Å². The summed E-state index contributed by atoms with van der Waals surface area (Å²) in [6.07, 6.45) is 5.89. The van der Waals surface area contributed by atoms with Crippen LogP contribution < -0.4 is 5.32 Å². The Bertz CT molecular complexity index is 364. The summed E-state index contributed by atoms with van der Waals surface area (Å²) in [5, 5.41) is 3.51. The fourth-order valence-electron chi connectivity index (χ4n) is 3.31. The van der Waals surface area contributed by atoms with E-state index in [1.165, 1.54) is 39.3 Å². The molecule has 2 atom stereocenters. The number of methoxy groups -OCH3 is 1. The number of ether oxygens (including phenoxy) is 1. The summed E-state index contributed by atoms with van der Waals surface area (Å²) in [6, 6.07) is 1.39. The molecule has 4 heteroatoms. The Labute approximate surface area is 129 Å². The summed E-state index contributed by atoms with van der Waals surface area (Å²) in [5.41, 5.74) is -0.563. The van der Waals surface area contributed by atoms with Gasteiger partial charge in [0.15, 0.2) is 0 Å². The molecule has 122 valence electrons. The van der Waals surface area contributed by atoms with Crippen molar-refractivity contribution < 1.29 is 9.53 Å². The Morgan fingerprint density at radius 1 is 1.29 bits per heavy atom. The van der Waals surface area contributed by atoms with Gasteiger partial charge in [-0.05, 0) is 65.7 Å². The number of carbonyl (C=O) groups is 1. The van der Waals surface area contributed by atoms with Crippen LogP contribution in [0.3, 0.4) is 0 Å². The van der Waals surface area contributed by atoms with Crippen LogP contribution in [0.5, 0.6) is 0 Å². The van der Waals surface area contributed by atoms with Gasteiger partial charge in [-0.1, -0.05) is 0 Å². The second kappa shape index (κ2) is 6.66. The average Bonchev–Trinajstić information content (AvgIpc) is 3.29. The molecule has 0 aliphatic heterocycles. The first kappa shape index (κ1) is 16.8. The van der Waals surface area contributed by atoms with E-state index in [1.807, 2.05) is 6.92 Å². The van der Waals surface area contributed by atoms with Crippen molar-refractivity contribution in [2.45, 2.75) is 83.5 Å². The number of carbonyl (C=O) groups excluding carboxylic acids is 1. The van der Waals surface area contributed by atoms with E-state index in [-0.39, 0.29) is 5.97 Å². The maximum absolute atomic E-state index is 12.3. The average molecular weight is 296 g/mol. The van der Waals surface area contributed by atoms with Gasteiger partial charge in [0.2, 0.25) is 0 Å². The minimum atomic E-state index is -0.563. The molecule has 0 radical (unpaired) electrons. The molecule has 4 nitrogen and oxygen atoms in total. The zero-order valence-electron chi connectivity index (χ0n) is 14.3. The molecule has 0 bridgehead atoms. The van der Waals surface area contributed by atoms with E-state index >= 15 is 0 Å². The molecular formula is C17H32N2O2. The molecule has 0 aromatic carbocycles. The number of nitrogens with zero attached hydrogens (tertiary/aromatic N) is 1. The molecule has 2 fully saturated rings. The van der Waals surface area contributed by atoms with Crippen LogP contribution in [-0.4, -0.2) is 48.2 Å². The van der Waals surface area contributed by atoms with Gasteiger partial charge in [-0.3, -0.25) is 15.0 Å². The molecule has 21 heavy (non-hydrogen) atoms. The number of nitrogens with one attached hydrogen (secondary N) is 1. The van der Waals surface area contributed by atoms with Gasteiger partial charge in [0, 0.05) is 24.7 Å². The lowest BCUT2D eigenvalue weighted by atomic mass is 9.92. The van der Waals surface area contributed by atoms with Crippen LogP contribution in [0.15, 0.2) is 0 Å². The Hall–Kier alpha value is -0.610. The van der Waals surface area contributed by atoms with E-state index in [2.05, 4.69) is 31.0 Å². The van der Waals surface area contributed by atoms with Gasteiger partial charge in [-0.25, -0.2) is 0 Å². The zero-order chi connectivity index (χ0) is 15.6. The predicted octanol–water partition coefficient (Wildman–Crippen LogP) is 2.57. The summed E-state index contributed by atoms with van der Waals surface area (Å²) < 4.78 is 5.06. The highest BCUT2D eigenvalue weighted by atomic mass is 16.5. The van der Waals surface area contributed by atoms with E-state index in [4.69, 9.17) is 4.74 Å². The molecule has 0 aromatic heterocycles. The van der Waals surface area contributed by atoms with Crippen LogP contribution in [0.4, 0.5) is 0 Å². The van der Waals surface area contributed by atoms with Crippen molar-refractivity contribution >= 4 is 5.97 Å². The molecule has 0 amide bonds. The number of rotatable bonds is 9.